The second kappa shape index (κ2) is 4.58. The lowest BCUT2D eigenvalue weighted by molar-refractivity contribution is 0.140. The number of fused-ring (bicyclic) bond motifs is 1. The van der Waals surface area contributed by atoms with E-state index in [-0.39, 0.29) is 0 Å². The van der Waals surface area contributed by atoms with Gasteiger partial charge in [-0.2, -0.15) is 0 Å². The monoisotopic (exact) mass is 279 g/mol. The Hall–Kier alpha value is -1.46. The number of hydrogen-bond donors (Lipinski definition) is 1. The molecule has 0 spiro atoms. The Kier molecular flexibility index (Phi) is 3.36. The summed E-state index contributed by atoms with van der Waals surface area (Å²) in [5.41, 5.74) is 0.536. The van der Waals surface area contributed by atoms with E-state index in [1.807, 2.05) is 24.3 Å². The molecule has 0 radical (unpaired) electrons. The van der Waals surface area contributed by atoms with Gasteiger partial charge in [0.05, 0.1) is 4.75 Å². The molecule has 1 atom stereocenters. The van der Waals surface area contributed by atoms with E-state index in [1.165, 1.54) is 20.0 Å². The van der Waals surface area contributed by atoms with Gasteiger partial charge in [0.15, 0.2) is 9.84 Å². The third kappa shape index (κ3) is 2.35. The maximum absolute atomic E-state index is 11.8. The van der Waals surface area contributed by atoms with Crippen molar-refractivity contribution in [3.05, 3.63) is 42.2 Å². The van der Waals surface area contributed by atoms with E-state index in [9.17, 15) is 13.5 Å². The summed E-state index contributed by atoms with van der Waals surface area (Å²) < 4.78 is 22.4. The number of nitrogens with zero attached hydrogens (tertiary/aromatic N) is 1. The summed E-state index contributed by atoms with van der Waals surface area (Å²) in [5.74, 6) is 0. The van der Waals surface area contributed by atoms with E-state index >= 15 is 0 Å². The fourth-order valence-electron chi connectivity index (χ4n) is 1.94. The quantitative estimate of drug-likeness (QED) is 0.934. The highest BCUT2D eigenvalue weighted by Gasteiger charge is 2.39. The van der Waals surface area contributed by atoms with Crippen LogP contribution >= 0.6 is 0 Å². The first-order chi connectivity index (χ1) is 8.75. The van der Waals surface area contributed by atoms with Crippen molar-refractivity contribution in [2.24, 2.45) is 0 Å². The van der Waals surface area contributed by atoms with E-state index in [0.29, 0.717) is 5.56 Å². The largest absolute Gasteiger partial charge is 0.387 e. The molecule has 0 bridgehead atoms. The molecule has 2 aromatic rings. The van der Waals surface area contributed by atoms with Crippen LogP contribution in [0.1, 0.15) is 25.5 Å². The maximum atomic E-state index is 11.8. The molecule has 4 nitrogen and oxygen atoms in total. The van der Waals surface area contributed by atoms with Gasteiger partial charge in [0.25, 0.3) is 0 Å². The Morgan fingerprint density at radius 3 is 2.47 bits per heavy atom. The highest BCUT2D eigenvalue weighted by atomic mass is 32.2. The van der Waals surface area contributed by atoms with Gasteiger partial charge in [0.1, 0.15) is 6.10 Å². The molecule has 0 aliphatic rings. The lowest BCUT2D eigenvalue weighted by Gasteiger charge is -2.29. The Labute approximate surface area is 113 Å². The normalized spacial score (nSPS) is 14.5. The second-order valence-electron chi connectivity index (χ2n) is 5.23. The molecule has 1 aromatic carbocycles. The fraction of sp³-hybridized carbons (Fsp3) is 0.357. The lowest BCUT2D eigenvalue weighted by atomic mass is 9.95. The summed E-state index contributed by atoms with van der Waals surface area (Å²) in [4.78, 5) is 4.07. The number of aromatic nitrogens is 1. The summed E-state index contributed by atoms with van der Waals surface area (Å²) in [6.07, 6.45) is 3.23. The topological polar surface area (TPSA) is 67.3 Å². The van der Waals surface area contributed by atoms with Crippen molar-refractivity contribution in [2.45, 2.75) is 24.7 Å². The van der Waals surface area contributed by atoms with Crippen molar-refractivity contribution in [1.82, 2.24) is 4.98 Å². The summed E-state index contributed by atoms with van der Waals surface area (Å²) in [6, 6.07) is 7.47. The van der Waals surface area contributed by atoms with Crippen molar-refractivity contribution >= 4 is 20.6 Å². The van der Waals surface area contributed by atoms with Crippen LogP contribution in [0.3, 0.4) is 0 Å². The number of sulfone groups is 1. The van der Waals surface area contributed by atoms with Gasteiger partial charge < -0.3 is 5.11 Å². The number of pyridine rings is 1. The minimum absolute atomic E-state index is 0.536. The Morgan fingerprint density at radius 1 is 1.21 bits per heavy atom. The van der Waals surface area contributed by atoms with E-state index in [0.717, 1.165) is 17.0 Å². The predicted molar refractivity (Wildman–Crippen MR) is 75.6 cm³/mol. The highest BCUT2D eigenvalue weighted by Crippen LogP contribution is 2.35. The smallest absolute Gasteiger partial charge is 0.155 e. The van der Waals surface area contributed by atoms with Crippen LogP contribution in [0.5, 0.6) is 0 Å². The molecular weight excluding hydrogens is 262 g/mol. The molecule has 1 heterocycles. The van der Waals surface area contributed by atoms with Crippen LogP contribution in [-0.4, -0.2) is 29.5 Å². The first-order valence-electron chi connectivity index (χ1n) is 5.95. The molecule has 0 saturated heterocycles. The van der Waals surface area contributed by atoms with Gasteiger partial charge in [-0.15, -0.1) is 0 Å². The van der Waals surface area contributed by atoms with Crippen LogP contribution in [0.2, 0.25) is 0 Å². The zero-order valence-corrected chi connectivity index (χ0v) is 12.0. The van der Waals surface area contributed by atoms with Crippen molar-refractivity contribution < 1.29 is 13.5 Å². The average Bonchev–Trinajstić information content (AvgIpc) is 2.36. The van der Waals surface area contributed by atoms with Gasteiger partial charge in [-0.3, -0.25) is 4.98 Å². The number of hydrogen-bond acceptors (Lipinski definition) is 4. The van der Waals surface area contributed by atoms with Crippen molar-refractivity contribution in [3.63, 3.8) is 0 Å². The van der Waals surface area contributed by atoms with Gasteiger partial charge in [-0.1, -0.05) is 24.3 Å². The number of aliphatic hydroxyl groups is 1. The standard InChI is InChI=1S/C14H17NO3S/c1-14(2,19(3,17)18)13(16)12-9-15-8-10-6-4-5-7-11(10)12/h4-9,13,16H,1-3H3. The molecule has 2 rings (SSSR count). The zero-order chi connectivity index (χ0) is 14.3. The van der Waals surface area contributed by atoms with Crippen LogP contribution in [-0.2, 0) is 9.84 Å². The SMILES string of the molecule is CC(C)(C(O)c1cncc2ccccc12)S(C)(=O)=O. The van der Waals surface area contributed by atoms with Crippen molar-refractivity contribution in [2.75, 3.05) is 6.26 Å². The van der Waals surface area contributed by atoms with Crippen LogP contribution in [0.25, 0.3) is 10.8 Å². The minimum atomic E-state index is -3.40. The maximum Gasteiger partial charge on any atom is 0.155 e. The Bertz CT molecular complexity index is 702. The van der Waals surface area contributed by atoms with Crippen LogP contribution in [0.4, 0.5) is 0 Å². The summed E-state index contributed by atoms with van der Waals surface area (Å²) in [5, 5.41) is 12.2. The predicted octanol–water partition coefficient (Wildman–Crippen LogP) is 2.09. The van der Waals surface area contributed by atoms with Gasteiger partial charge in [0.2, 0.25) is 0 Å². The molecule has 19 heavy (non-hydrogen) atoms. The van der Waals surface area contributed by atoms with Crippen LogP contribution in [0.15, 0.2) is 36.7 Å². The molecule has 0 fully saturated rings. The van der Waals surface area contributed by atoms with E-state index in [2.05, 4.69) is 4.98 Å². The van der Waals surface area contributed by atoms with Crippen molar-refractivity contribution in [3.8, 4) is 0 Å². The molecule has 0 amide bonds. The number of aliphatic hydroxyl groups excluding tert-OH is 1. The van der Waals surface area contributed by atoms with E-state index in [4.69, 9.17) is 0 Å². The van der Waals surface area contributed by atoms with Gasteiger partial charge >= 0.3 is 0 Å². The summed E-state index contributed by atoms with van der Waals surface area (Å²) in [7, 11) is -3.40. The van der Waals surface area contributed by atoms with Gasteiger partial charge in [-0.25, -0.2) is 8.42 Å². The number of benzene rings is 1. The first kappa shape index (κ1) is 14.0. The molecule has 102 valence electrons. The molecule has 0 aliphatic heterocycles. The third-order valence-corrected chi connectivity index (χ3v) is 5.74. The fourth-order valence-corrected chi connectivity index (χ4v) is 2.47. The molecule has 1 N–H and O–H groups in total. The number of rotatable bonds is 3. The third-order valence-electron chi connectivity index (χ3n) is 3.61. The van der Waals surface area contributed by atoms with E-state index in [1.54, 1.807) is 6.20 Å². The second-order valence-corrected chi connectivity index (χ2v) is 7.82. The first-order valence-corrected chi connectivity index (χ1v) is 7.84. The van der Waals surface area contributed by atoms with E-state index < -0.39 is 20.7 Å². The molecule has 5 heteroatoms. The highest BCUT2D eigenvalue weighted by molar-refractivity contribution is 7.92. The molecule has 1 aromatic heterocycles. The molecule has 0 saturated carbocycles. The van der Waals surface area contributed by atoms with Gasteiger partial charge in [0, 0.05) is 29.6 Å². The van der Waals surface area contributed by atoms with Crippen LogP contribution < -0.4 is 0 Å². The summed E-state index contributed by atoms with van der Waals surface area (Å²) in [6.45, 7) is 3.05. The average molecular weight is 279 g/mol. The molecule has 1 unspecified atom stereocenters. The van der Waals surface area contributed by atoms with Crippen LogP contribution in [0, 0.1) is 0 Å². The Morgan fingerprint density at radius 2 is 1.84 bits per heavy atom. The molecule has 0 aliphatic carbocycles. The lowest BCUT2D eigenvalue weighted by Crippen LogP contribution is -2.38. The van der Waals surface area contributed by atoms with Crippen molar-refractivity contribution in [1.29, 1.82) is 0 Å². The van der Waals surface area contributed by atoms with Gasteiger partial charge in [-0.05, 0) is 19.2 Å². The molecular formula is C14H17NO3S. The summed E-state index contributed by atoms with van der Waals surface area (Å²) >= 11 is 0. The minimum Gasteiger partial charge on any atom is -0.387 e. The zero-order valence-electron chi connectivity index (χ0n) is 11.2. The Balaban J connectivity index is 2.63.